The van der Waals surface area contributed by atoms with Crippen molar-refractivity contribution < 1.29 is 21.5 Å². The van der Waals surface area contributed by atoms with E-state index in [1.807, 2.05) is 18.2 Å². The maximum absolute atomic E-state index is 2.17. The lowest BCUT2D eigenvalue weighted by Crippen LogP contribution is -3.00. The minimum absolute atomic E-state index is 0. The van der Waals surface area contributed by atoms with Crippen molar-refractivity contribution in [3.05, 3.63) is 65.5 Å². The molecule has 0 spiro atoms. The summed E-state index contributed by atoms with van der Waals surface area (Å²) < 4.78 is 2.09. The van der Waals surface area contributed by atoms with Crippen LogP contribution in [0.4, 0.5) is 0 Å². The third-order valence-electron chi connectivity index (χ3n) is 2.40. The lowest BCUT2D eigenvalue weighted by molar-refractivity contribution is -0.568. The van der Waals surface area contributed by atoms with Crippen molar-refractivity contribution in [2.24, 2.45) is 0 Å². The van der Waals surface area contributed by atoms with Crippen LogP contribution in [0.25, 0.3) is 12.3 Å². The summed E-state index contributed by atoms with van der Waals surface area (Å²) in [7, 11) is 0. The summed E-state index contributed by atoms with van der Waals surface area (Å²) in [5.74, 6) is 0. The van der Waals surface area contributed by atoms with E-state index in [9.17, 15) is 0 Å². The van der Waals surface area contributed by atoms with Crippen LogP contribution in [-0.4, -0.2) is 0 Å². The number of hydrogen-bond acceptors (Lipinski definition) is 0. The molecular formula is C15H16BrN. The molecular weight excluding hydrogens is 274 g/mol. The van der Waals surface area contributed by atoms with Gasteiger partial charge in [-0.15, -0.1) is 0 Å². The number of hydrogen-bond donors (Lipinski definition) is 0. The molecule has 0 amide bonds. The van der Waals surface area contributed by atoms with E-state index in [0.29, 0.717) is 0 Å². The zero-order valence-corrected chi connectivity index (χ0v) is 11.7. The van der Waals surface area contributed by atoms with Crippen molar-refractivity contribution in [3.8, 4) is 0 Å². The molecule has 1 aromatic carbocycles. The molecule has 0 unspecified atom stereocenters. The predicted octanol–water partition coefficient (Wildman–Crippen LogP) is 0.223. The van der Waals surface area contributed by atoms with Gasteiger partial charge in [0.05, 0.1) is 0 Å². The monoisotopic (exact) mass is 289 g/mol. The Morgan fingerprint density at radius 3 is 2.12 bits per heavy atom. The van der Waals surface area contributed by atoms with Gasteiger partial charge >= 0.3 is 0 Å². The highest BCUT2D eigenvalue weighted by molar-refractivity contribution is 5.56. The molecule has 0 radical (unpaired) electrons. The van der Waals surface area contributed by atoms with Gasteiger partial charge in [-0.2, -0.15) is 4.57 Å². The molecule has 0 saturated heterocycles. The first-order valence-electron chi connectivity index (χ1n) is 5.46. The van der Waals surface area contributed by atoms with E-state index >= 15 is 0 Å². The van der Waals surface area contributed by atoms with Gasteiger partial charge in [-0.3, -0.25) is 0 Å². The van der Waals surface area contributed by atoms with E-state index in [0.717, 1.165) is 0 Å². The zero-order valence-electron chi connectivity index (χ0n) is 10.1. The van der Waals surface area contributed by atoms with Gasteiger partial charge in [0.25, 0.3) is 0 Å². The van der Waals surface area contributed by atoms with Crippen molar-refractivity contribution in [1.82, 2.24) is 0 Å². The molecule has 0 aliphatic heterocycles. The second kappa shape index (κ2) is 6.36. The Kier molecular flexibility index (Phi) is 5.11. The number of halogens is 1. The largest absolute Gasteiger partial charge is 1.00 e. The molecule has 2 rings (SSSR count). The minimum Gasteiger partial charge on any atom is -1.00 e. The Labute approximate surface area is 113 Å². The van der Waals surface area contributed by atoms with Crippen LogP contribution in [-0.2, 0) is 0 Å². The fourth-order valence-electron chi connectivity index (χ4n) is 1.76. The summed E-state index contributed by atoms with van der Waals surface area (Å²) in [6.45, 7) is 4.22. The first-order valence-corrected chi connectivity index (χ1v) is 5.46. The molecule has 0 atom stereocenters. The summed E-state index contributed by atoms with van der Waals surface area (Å²) in [6, 6.07) is 12.5. The van der Waals surface area contributed by atoms with Crippen LogP contribution in [0.15, 0.2) is 48.8 Å². The van der Waals surface area contributed by atoms with Gasteiger partial charge in [-0.05, 0) is 25.5 Å². The molecule has 1 aromatic heterocycles. The molecule has 0 aliphatic rings. The van der Waals surface area contributed by atoms with Crippen LogP contribution in [0.1, 0.15) is 16.7 Å². The third kappa shape index (κ3) is 4.16. The van der Waals surface area contributed by atoms with Crippen molar-refractivity contribution >= 4 is 12.3 Å². The number of nitrogens with zero attached hydrogens (tertiary/aromatic N) is 1. The fourth-order valence-corrected chi connectivity index (χ4v) is 1.76. The van der Waals surface area contributed by atoms with E-state index in [1.165, 1.54) is 16.7 Å². The summed E-state index contributed by atoms with van der Waals surface area (Å²) in [4.78, 5) is 0. The van der Waals surface area contributed by atoms with Gasteiger partial charge in [-0.25, -0.2) is 0 Å². The normalized spacial score (nSPS) is 10.2. The van der Waals surface area contributed by atoms with Crippen LogP contribution in [0.2, 0.25) is 0 Å². The lowest BCUT2D eigenvalue weighted by atomic mass is 10.2. The fraction of sp³-hybridized carbons (Fsp3) is 0.133. The zero-order chi connectivity index (χ0) is 11.4. The maximum Gasteiger partial charge on any atom is 0.177 e. The van der Waals surface area contributed by atoms with Crippen molar-refractivity contribution in [2.45, 2.75) is 13.8 Å². The molecule has 1 nitrogen and oxygen atoms in total. The molecule has 2 heteroatoms. The highest BCUT2D eigenvalue weighted by atomic mass is 79.9. The number of aryl methyl sites for hydroxylation is 2. The molecule has 0 fully saturated rings. The van der Waals surface area contributed by atoms with E-state index in [-0.39, 0.29) is 17.0 Å². The Bertz CT molecular complexity index is 483. The van der Waals surface area contributed by atoms with Gasteiger partial charge < -0.3 is 17.0 Å². The van der Waals surface area contributed by atoms with Crippen LogP contribution in [0.5, 0.6) is 0 Å². The Balaban J connectivity index is 0.00000144. The second-order valence-corrected chi connectivity index (χ2v) is 4.06. The van der Waals surface area contributed by atoms with Crippen LogP contribution >= 0.6 is 0 Å². The number of benzene rings is 1. The summed E-state index contributed by atoms with van der Waals surface area (Å²) in [5.41, 5.74) is 3.77. The predicted molar refractivity (Wildman–Crippen MR) is 67.8 cm³/mol. The van der Waals surface area contributed by atoms with Crippen LogP contribution in [0, 0.1) is 13.8 Å². The average Bonchev–Trinajstić information content (AvgIpc) is 2.27. The van der Waals surface area contributed by atoms with Gasteiger partial charge in [0.1, 0.15) is 0 Å². The Hall–Kier alpha value is -1.41. The number of pyridine rings is 1. The van der Waals surface area contributed by atoms with Crippen LogP contribution in [0.3, 0.4) is 0 Å². The van der Waals surface area contributed by atoms with E-state index in [2.05, 4.69) is 61.3 Å². The standard InChI is InChI=1S/C15H16N.BrH/c1-13-10-14(2)12-16(11-13)9-8-15-6-4-3-5-7-15;/h3-12H,1-2H3;1H/q+1;/p-1/b9-8+;. The summed E-state index contributed by atoms with van der Waals surface area (Å²) in [6.07, 6.45) is 8.42. The quantitative estimate of drug-likeness (QED) is 0.697. The smallest absolute Gasteiger partial charge is 0.177 e. The highest BCUT2D eigenvalue weighted by Gasteiger charge is 1.98. The van der Waals surface area contributed by atoms with Gasteiger partial charge in [0, 0.05) is 17.2 Å². The molecule has 0 N–H and O–H groups in total. The van der Waals surface area contributed by atoms with Crippen molar-refractivity contribution in [2.75, 3.05) is 0 Å². The third-order valence-corrected chi connectivity index (χ3v) is 2.40. The first kappa shape index (κ1) is 13.7. The highest BCUT2D eigenvalue weighted by Crippen LogP contribution is 2.01. The van der Waals surface area contributed by atoms with E-state index in [1.54, 1.807) is 0 Å². The average molecular weight is 290 g/mol. The minimum atomic E-state index is 0. The van der Waals surface area contributed by atoms with Crippen molar-refractivity contribution in [1.29, 1.82) is 0 Å². The molecule has 0 saturated carbocycles. The number of rotatable bonds is 2. The second-order valence-electron chi connectivity index (χ2n) is 4.06. The van der Waals surface area contributed by atoms with Gasteiger partial charge in [0.15, 0.2) is 18.6 Å². The topological polar surface area (TPSA) is 3.88 Å². The van der Waals surface area contributed by atoms with Gasteiger partial charge in [-0.1, -0.05) is 30.3 Å². The molecule has 2 aromatic rings. The Morgan fingerprint density at radius 1 is 0.941 bits per heavy atom. The van der Waals surface area contributed by atoms with Gasteiger partial charge in [0.2, 0.25) is 0 Å². The lowest BCUT2D eigenvalue weighted by Gasteiger charge is -1.94. The van der Waals surface area contributed by atoms with Crippen molar-refractivity contribution in [3.63, 3.8) is 0 Å². The molecule has 17 heavy (non-hydrogen) atoms. The molecule has 0 bridgehead atoms. The molecule has 88 valence electrons. The number of aromatic nitrogens is 1. The Morgan fingerprint density at radius 2 is 1.53 bits per heavy atom. The summed E-state index contributed by atoms with van der Waals surface area (Å²) >= 11 is 0. The molecule has 0 aliphatic carbocycles. The molecule has 1 heterocycles. The van der Waals surface area contributed by atoms with E-state index < -0.39 is 0 Å². The first-order chi connectivity index (χ1) is 7.74. The van der Waals surface area contributed by atoms with E-state index in [4.69, 9.17) is 0 Å². The van der Waals surface area contributed by atoms with Crippen LogP contribution < -0.4 is 21.5 Å². The maximum atomic E-state index is 2.17. The summed E-state index contributed by atoms with van der Waals surface area (Å²) in [5, 5.41) is 0. The SMILES string of the molecule is Cc1cc(C)c[n+](/C=C/c2ccccc2)c1.[Br-].